The fraction of sp³-hybridized carbons (Fsp3) is 0.545. The number of amides is 2. The molecule has 2 aromatic rings. The first kappa shape index (κ1) is 21.5. The van der Waals surface area contributed by atoms with Gasteiger partial charge in [-0.15, -0.1) is 15.7 Å². The lowest BCUT2D eigenvalue weighted by Gasteiger charge is -2.20. The van der Waals surface area contributed by atoms with Crippen LogP contribution in [0.25, 0.3) is 0 Å². The maximum Gasteiger partial charge on any atom is 0.354 e. The molecule has 0 fully saturated rings. The summed E-state index contributed by atoms with van der Waals surface area (Å²) < 4.78 is 17.4. The van der Waals surface area contributed by atoms with Gasteiger partial charge in [0, 0.05) is 11.1 Å². The zero-order chi connectivity index (χ0) is 21.9. The SMILES string of the molecule is CC(C)(C)c1csc(S(N)(=O)=NC(=O)Nc2c3c(nc4c2CCC4(C)C)CCC3)c1. The highest BCUT2D eigenvalue weighted by atomic mass is 32.2. The van der Waals surface area contributed by atoms with E-state index in [1.807, 2.05) is 5.38 Å². The molecule has 0 aromatic carbocycles. The largest absolute Gasteiger partial charge is 0.354 e. The van der Waals surface area contributed by atoms with Crippen molar-refractivity contribution in [1.82, 2.24) is 4.98 Å². The average molecular weight is 447 g/mol. The van der Waals surface area contributed by atoms with E-state index in [2.05, 4.69) is 44.3 Å². The summed E-state index contributed by atoms with van der Waals surface area (Å²) in [7, 11) is -3.30. The molecular weight excluding hydrogens is 416 g/mol. The van der Waals surface area contributed by atoms with Crippen molar-refractivity contribution < 1.29 is 9.00 Å². The highest BCUT2D eigenvalue weighted by Crippen LogP contribution is 2.44. The third-order valence-electron chi connectivity index (χ3n) is 6.15. The molecule has 2 heterocycles. The Morgan fingerprint density at radius 3 is 2.67 bits per heavy atom. The van der Waals surface area contributed by atoms with E-state index in [1.165, 1.54) is 11.3 Å². The Labute approximate surface area is 183 Å². The maximum absolute atomic E-state index is 13.0. The summed E-state index contributed by atoms with van der Waals surface area (Å²) in [5.74, 6) is 0. The van der Waals surface area contributed by atoms with Gasteiger partial charge in [0.1, 0.15) is 4.21 Å². The summed E-state index contributed by atoms with van der Waals surface area (Å²) in [4.78, 5) is 17.8. The summed E-state index contributed by atoms with van der Waals surface area (Å²) >= 11 is 1.29. The average Bonchev–Trinajstić information content (AvgIpc) is 3.33. The lowest BCUT2D eigenvalue weighted by Crippen LogP contribution is -2.20. The summed E-state index contributed by atoms with van der Waals surface area (Å²) in [6.07, 6.45) is 4.72. The Bertz CT molecular complexity index is 1150. The zero-order valence-corrected chi connectivity index (χ0v) is 19.9. The first-order chi connectivity index (χ1) is 13.9. The van der Waals surface area contributed by atoms with Crippen LogP contribution in [0.1, 0.15) is 75.5 Å². The molecule has 0 saturated heterocycles. The standard InChI is InChI=1S/C22H30N4O2S2/c1-21(2,3)13-11-17(29-12-13)30(23,28)26-20(27)25-18-14-7-6-8-16(14)24-19-15(18)9-10-22(19,4)5/h11-12H,6-10H2,1-5H3,(H3,23,24,25,26,27,28). The Balaban J connectivity index is 1.68. The molecule has 0 aliphatic heterocycles. The van der Waals surface area contributed by atoms with Crippen LogP contribution in [-0.4, -0.2) is 15.2 Å². The second-order valence-electron chi connectivity index (χ2n) is 9.97. The van der Waals surface area contributed by atoms with Crippen LogP contribution in [0.5, 0.6) is 0 Å². The number of fused-ring (bicyclic) bond motifs is 2. The van der Waals surface area contributed by atoms with Crippen LogP contribution in [0.3, 0.4) is 0 Å². The minimum absolute atomic E-state index is 0.00862. The number of nitrogens with two attached hydrogens (primary N) is 1. The number of aryl methyl sites for hydroxylation is 1. The Morgan fingerprint density at radius 2 is 2.00 bits per heavy atom. The molecule has 2 aromatic heterocycles. The second kappa shape index (κ2) is 7.14. The smallest absolute Gasteiger partial charge is 0.305 e. The van der Waals surface area contributed by atoms with Gasteiger partial charge < -0.3 is 5.32 Å². The van der Waals surface area contributed by atoms with Gasteiger partial charge >= 0.3 is 6.03 Å². The number of carbonyl (C=O) groups is 1. The van der Waals surface area contributed by atoms with Crippen molar-refractivity contribution in [2.24, 2.45) is 9.50 Å². The number of urea groups is 1. The molecule has 0 radical (unpaired) electrons. The quantitative estimate of drug-likeness (QED) is 0.672. The Morgan fingerprint density at radius 1 is 1.27 bits per heavy atom. The molecule has 162 valence electrons. The van der Waals surface area contributed by atoms with Crippen molar-refractivity contribution in [2.75, 3.05) is 5.32 Å². The van der Waals surface area contributed by atoms with Gasteiger partial charge in [-0.1, -0.05) is 34.6 Å². The second-order valence-corrected chi connectivity index (χ2v) is 12.9. The van der Waals surface area contributed by atoms with E-state index in [0.29, 0.717) is 4.21 Å². The van der Waals surface area contributed by atoms with Gasteiger partial charge in [0.25, 0.3) is 0 Å². The van der Waals surface area contributed by atoms with E-state index in [-0.39, 0.29) is 10.8 Å². The molecule has 4 rings (SSSR count). The lowest BCUT2D eigenvalue weighted by atomic mass is 9.90. The normalized spacial score (nSPS) is 19.1. The van der Waals surface area contributed by atoms with E-state index in [0.717, 1.165) is 65.9 Å². The molecule has 3 N–H and O–H groups in total. The highest BCUT2D eigenvalue weighted by molar-refractivity contribution is 7.93. The maximum atomic E-state index is 13.0. The van der Waals surface area contributed by atoms with Gasteiger partial charge in [0.15, 0.2) is 9.92 Å². The molecule has 1 unspecified atom stereocenters. The van der Waals surface area contributed by atoms with E-state index in [4.69, 9.17) is 10.1 Å². The molecule has 0 bridgehead atoms. The molecular formula is C22H30N4O2S2. The van der Waals surface area contributed by atoms with Crippen LogP contribution in [0, 0.1) is 0 Å². The number of anilines is 1. The van der Waals surface area contributed by atoms with Crippen LogP contribution in [0.15, 0.2) is 20.0 Å². The Kier molecular flexibility index (Phi) is 5.11. The van der Waals surface area contributed by atoms with Crippen molar-refractivity contribution in [3.63, 3.8) is 0 Å². The predicted octanol–water partition coefficient (Wildman–Crippen LogP) is 5.09. The van der Waals surface area contributed by atoms with Gasteiger partial charge in [-0.25, -0.2) is 14.1 Å². The number of aromatic nitrogens is 1. The third-order valence-corrected chi connectivity index (χ3v) is 9.00. The minimum atomic E-state index is -3.30. The first-order valence-corrected chi connectivity index (χ1v) is 12.8. The number of rotatable bonds is 2. The highest BCUT2D eigenvalue weighted by Gasteiger charge is 2.36. The topological polar surface area (TPSA) is 97.4 Å². The summed E-state index contributed by atoms with van der Waals surface area (Å²) in [5.41, 5.74) is 6.10. The number of carbonyl (C=O) groups excluding carboxylic acids is 1. The van der Waals surface area contributed by atoms with E-state index < -0.39 is 15.9 Å². The van der Waals surface area contributed by atoms with E-state index in [1.54, 1.807) is 6.07 Å². The fourth-order valence-corrected chi connectivity index (χ4v) is 6.64. The van der Waals surface area contributed by atoms with E-state index in [9.17, 15) is 9.00 Å². The molecule has 2 amide bonds. The predicted molar refractivity (Wildman–Crippen MR) is 123 cm³/mol. The number of hydrogen-bond acceptors (Lipinski definition) is 4. The number of hydrogen-bond donors (Lipinski definition) is 2. The number of thiophene rings is 1. The van der Waals surface area contributed by atoms with Crippen LogP contribution in [-0.2, 0) is 40.0 Å². The molecule has 0 spiro atoms. The van der Waals surface area contributed by atoms with Crippen LogP contribution in [0.2, 0.25) is 0 Å². The zero-order valence-electron chi connectivity index (χ0n) is 18.3. The van der Waals surface area contributed by atoms with Gasteiger partial charge in [0.2, 0.25) is 0 Å². The van der Waals surface area contributed by atoms with Crippen LogP contribution >= 0.6 is 11.3 Å². The molecule has 1 atom stereocenters. The molecule has 30 heavy (non-hydrogen) atoms. The number of nitrogens with one attached hydrogen (secondary N) is 1. The van der Waals surface area contributed by atoms with Crippen LogP contribution in [0.4, 0.5) is 10.5 Å². The lowest BCUT2D eigenvalue weighted by molar-refractivity contribution is 0.260. The monoisotopic (exact) mass is 446 g/mol. The molecule has 2 aliphatic rings. The first-order valence-electron chi connectivity index (χ1n) is 10.4. The van der Waals surface area contributed by atoms with Gasteiger partial charge in [0.05, 0.1) is 11.4 Å². The van der Waals surface area contributed by atoms with Gasteiger partial charge in [-0.2, -0.15) is 0 Å². The third kappa shape index (κ3) is 3.81. The molecule has 6 nitrogen and oxygen atoms in total. The summed E-state index contributed by atoms with van der Waals surface area (Å²) in [5, 5.41) is 10.9. The summed E-state index contributed by atoms with van der Waals surface area (Å²) in [6.45, 7) is 10.6. The number of nitrogens with zero attached hydrogens (tertiary/aromatic N) is 2. The summed E-state index contributed by atoms with van der Waals surface area (Å²) in [6, 6.07) is 1.15. The van der Waals surface area contributed by atoms with Crippen molar-refractivity contribution in [3.8, 4) is 0 Å². The minimum Gasteiger partial charge on any atom is -0.305 e. The fourth-order valence-electron chi connectivity index (χ4n) is 4.29. The Hall–Kier alpha value is -1.77. The molecule has 2 aliphatic carbocycles. The number of pyridine rings is 1. The van der Waals surface area contributed by atoms with Crippen molar-refractivity contribution in [3.05, 3.63) is 39.5 Å². The molecule has 0 saturated carbocycles. The van der Waals surface area contributed by atoms with E-state index >= 15 is 0 Å². The van der Waals surface area contributed by atoms with Crippen molar-refractivity contribution in [2.45, 2.75) is 81.8 Å². The molecule has 8 heteroatoms. The van der Waals surface area contributed by atoms with Crippen LogP contribution < -0.4 is 10.5 Å². The van der Waals surface area contributed by atoms with Gasteiger partial charge in [-0.05, 0) is 65.7 Å². The van der Waals surface area contributed by atoms with Crippen molar-refractivity contribution in [1.29, 1.82) is 0 Å². The van der Waals surface area contributed by atoms with Crippen molar-refractivity contribution >= 4 is 33.0 Å². The van der Waals surface area contributed by atoms with Gasteiger partial charge in [-0.3, -0.25) is 4.98 Å².